The highest BCUT2D eigenvalue weighted by atomic mass is 32.1. The number of aliphatic hydroxyl groups excluding tert-OH is 1. The van der Waals surface area contributed by atoms with Crippen molar-refractivity contribution in [1.82, 2.24) is 4.98 Å². The van der Waals surface area contributed by atoms with Crippen molar-refractivity contribution in [2.75, 3.05) is 0 Å². The molecule has 0 saturated heterocycles. The van der Waals surface area contributed by atoms with E-state index in [4.69, 9.17) is 0 Å². The first kappa shape index (κ1) is 10.1. The average Bonchev–Trinajstić information content (AvgIpc) is 2.65. The second kappa shape index (κ2) is 4.41. The van der Waals surface area contributed by atoms with Gasteiger partial charge in [-0.3, -0.25) is 0 Å². The number of hydrogen-bond donors (Lipinski definition) is 1. The van der Waals surface area contributed by atoms with Crippen molar-refractivity contribution in [3.05, 3.63) is 16.1 Å². The molecule has 3 heteroatoms. The van der Waals surface area contributed by atoms with E-state index < -0.39 is 0 Å². The van der Waals surface area contributed by atoms with E-state index in [0.29, 0.717) is 5.92 Å². The predicted molar refractivity (Wildman–Crippen MR) is 58.4 cm³/mol. The lowest BCUT2D eigenvalue weighted by atomic mass is 9.84. The number of rotatable bonds is 2. The van der Waals surface area contributed by atoms with Crippen molar-refractivity contribution < 1.29 is 5.11 Å². The number of aliphatic hydroxyl groups is 1. The molecule has 1 aromatic heterocycles. The molecule has 0 aliphatic heterocycles. The van der Waals surface area contributed by atoms with E-state index in [1.165, 1.54) is 32.1 Å². The molecule has 14 heavy (non-hydrogen) atoms. The minimum atomic E-state index is -0.261. The summed E-state index contributed by atoms with van der Waals surface area (Å²) in [5.41, 5.74) is 2.84. The first-order chi connectivity index (χ1) is 6.79. The third kappa shape index (κ3) is 1.98. The zero-order valence-electron chi connectivity index (χ0n) is 8.57. The van der Waals surface area contributed by atoms with Crippen LogP contribution in [0.2, 0.25) is 0 Å². The molecule has 0 spiro atoms. The minimum absolute atomic E-state index is 0.261. The fourth-order valence-corrected chi connectivity index (χ4v) is 3.14. The van der Waals surface area contributed by atoms with Gasteiger partial charge in [0.2, 0.25) is 0 Å². The maximum absolute atomic E-state index is 10.2. The van der Waals surface area contributed by atoms with Gasteiger partial charge in [0.25, 0.3) is 0 Å². The summed E-state index contributed by atoms with van der Waals surface area (Å²) in [5, 5.41) is 10.2. The molecule has 0 radical (unpaired) electrons. The van der Waals surface area contributed by atoms with Crippen molar-refractivity contribution in [2.24, 2.45) is 5.92 Å². The highest BCUT2D eigenvalue weighted by Crippen LogP contribution is 2.36. The molecule has 1 heterocycles. The molecule has 2 rings (SSSR count). The highest BCUT2D eigenvalue weighted by molar-refractivity contribution is 7.09. The number of nitrogens with zero attached hydrogens (tertiary/aromatic N) is 1. The van der Waals surface area contributed by atoms with Crippen LogP contribution in [0, 0.1) is 12.8 Å². The van der Waals surface area contributed by atoms with Crippen molar-refractivity contribution in [3.63, 3.8) is 0 Å². The Bertz CT molecular complexity index is 291. The highest BCUT2D eigenvalue weighted by Gasteiger charge is 2.25. The maximum atomic E-state index is 10.2. The topological polar surface area (TPSA) is 33.1 Å². The number of thiazole rings is 1. The van der Waals surface area contributed by atoms with Crippen LogP contribution in [0.25, 0.3) is 0 Å². The standard InChI is InChI=1S/C11H17NOS/c1-8-11(14-7-12-8)10(13)9-5-3-2-4-6-9/h7,9-10,13H,2-6H2,1H3. The molecule has 1 saturated carbocycles. The van der Waals surface area contributed by atoms with Gasteiger partial charge in [0.05, 0.1) is 22.2 Å². The summed E-state index contributed by atoms with van der Waals surface area (Å²) in [6.45, 7) is 1.98. The molecular formula is C11H17NOS. The van der Waals surface area contributed by atoms with Crippen LogP contribution < -0.4 is 0 Å². The average molecular weight is 211 g/mol. The summed E-state index contributed by atoms with van der Waals surface area (Å²) in [6.07, 6.45) is 5.99. The van der Waals surface area contributed by atoms with Gasteiger partial charge in [0, 0.05) is 0 Å². The van der Waals surface area contributed by atoms with Gasteiger partial charge >= 0.3 is 0 Å². The summed E-state index contributed by atoms with van der Waals surface area (Å²) >= 11 is 1.59. The molecule has 1 atom stereocenters. The third-order valence-electron chi connectivity index (χ3n) is 3.15. The monoisotopic (exact) mass is 211 g/mol. The fraction of sp³-hybridized carbons (Fsp3) is 0.727. The van der Waals surface area contributed by atoms with Crippen LogP contribution in [0.15, 0.2) is 5.51 Å². The van der Waals surface area contributed by atoms with E-state index in [1.54, 1.807) is 11.3 Å². The van der Waals surface area contributed by atoms with Crippen LogP contribution in [0.1, 0.15) is 48.8 Å². The Balaban J connectivity index is 2.07. The number of aromatic nitrogens is 1. The van der Waals surface area contributed by atoms with Crippen LogP contribution in [0.3, 0.4) is 0 Å². The zero-order valence-corrected chi connectivity index (χ0v) is 9.39. The van der Waals surface area contributed by atoms with Crippen LogP contribution >= 0.6 is 11.3 Å². The van der Waals surface area contributed by atoms with Crippen LogP contribution in [0.4, 0.5) is 0 Å². The smallest absolute Gasteiger partial charge is 0.0928 e. The van der Waals surface area contributed by atoms with E-state index >= 15 is 0 Å². The second-order valence-corrected chi connectivity index (χ2v) is 5.03. The largest absolute Gasteiger partial charge is 0.387 e. The first-order valence-electron chi connectivity index (χ1n) is 5.37. The Morgan fingerprint density at radius 2 is 2.14 bits per heavy atom. The second-order valence-electron chi connectivity index (χ2n) is 4.14. The predicted octanol–water partition coefficient (Wildman–Crippen LogP) is 3.07. The molecule has 1 unspecified atom stereocenters. The molecule has 0 bridgehead atoms. The molecule has 0 amide bonds. The lowest BCUT2D eigenvalue weighted by Gasteiger charge is -2.26. The van der Waals surface area contributed by atoms with Crippen molar-refractivity contribution in [1.29, 1.82) is 0 Å². The van der Waals surface area contributed by atoms with Gasteiger partial charge in [-0.2, -0.15) is 0 Å². The van der Waals surface area contributed by atoms with E-state index in [1.807, 2.05) is 12.4 Å². The van der Waals surface area contributed by atoms with Crippen molar-refractivity contribution in [2.45, 2.75) is 45.1 Å². The van der Waals surface area contributed by atoms with Crippen molar-refractivity contribution in [3.8, 4) is 0 Å². The Morgan fingerprint density at radius 1 is 1.43 bits per heavy atom. The van der Waals surface area contributed by atoms with Gasteiger partial charge in [0.15, 0.2) is 0 Å². The Morgan fingerprint density at radius 3 is 2.71 bits per heavy atom. The normalized spacial score (nSPS) is 21.0. The molecule has 1 N–H and O–H groups in total. The molecule has 2 nitrogen and oxygen atoms in total. The molecular weight excluding hydrogens is 194 g/mol. The summed E-state index contributed by atoms with van der Waals surface area (Å²) in [7, 11) is 0. The number of aryl methyl sites for hydroxylation is 1. The molecule has 0 aromatic carbocycles. The third-order valence-corrected chi connectivity index (χ3v) is 4.15. The summed E-state index contributed by atoms with van der Waals surface area (Å²) in [5.74, 6) is 0.475. The van der Waals surface area contributed by atoms with Crippen LogP contribution in [-0.4, -0.2) is 10.1 Å². The van der Waals surface area contributed by atoms with Gasteiger partial charge in [-0.05, 0) is 25.7 Å². The lowest BCUT2D eigenvalue weighted by Crippen LogP contribution is -2.15. The maximum Gasteiger partial charge on any atom is 0.0928 e. The zero-order chi connectivity index (χ0) is 9.97. The molecule has 1 aliphatic rings. The van der Waals surface area contributed by atoms with E-state index in [0.717, 1.165) is 10.6 Å². The Kier molecular flexibility index (Phi) is 3.19. The molecule has 78 valence electrons. The minimum Gasteiger partial charge on any atom is -0.387 e. The quantitative estimate of drug-likeness (QED) is 0.815. The Labute approximate surface area is 89.0 Å². The SMILES string of the molecule is Cc1ncsc1C(O)C1CCCCC1. The van der Waals surface area contributed by atoms with Gasteiger partial charge in [-0.25, -0.2) is 4.98 Å². The summed E-state index contributed by atoms with van der Waals surface area (Å²) in [4.78, 5) is 5.27. The lowest BCUT2D eigenvalue weighted by molar-refractivity contribution is 0.0872. The number of hydrogen-bond acceptors (Lipinski definition) is 3. The molecule has 1 aliphatic carbocycles. The van der Waals surface area contributed by atoms with Gasteiger partial charge in [0.1, 0.15) is 0 Å². The van der Waals surface area contributed by atoms with E-state index in [2.05, 4.69) is 4.98 Å². The van der Waals surface area contributed by atoms with Gasteiger partial charge < -0.3 is 5.11 Å². The van der Waals surface area contributed by atoms with Gasteiger partial charge in [-0.15, -0.1) is 11.3 Å². The fourth-order valence-electron chi connectivity index (χ4n) is 2.26. The molecule has 1 aromatic rings. The molecule has 1 fully saturated rings. The van der Waals surface area contributed by atoms with Gasteiger partial charge in [-0.1, -0.05) is 19.3 Å². The van der Waals surface area contributed by atoms with Crippen LogP contribution in [-0.2, 0) is 0 Å². The van der Waals surface area contributed by atoms with E-state index in [-0.39, 0.29) is 6.10 Å². The van der Waals surface area contributed by atoms with Crippen LogP contribution in [0.5, 0.6) is 0 Å². The van der Waals surface area contributed by atoms with E-state index in [9.17, 15) is 5.11 Å². The first-order valence-corrected chi connectivity index (χ1v) is 6.25. The summed E-state index contributed by atoms with van der Waals surface area (Å²) < 4.78 is 0. The Hall–Kier alpha value is -0.410. The van der Waals surface area contributed by atoms with Crippen molar-refractivity contribution >= 4 is 11.3 Å². The summed E-state index contributed by atoms with van der Waals surface area (Å²) in [6, 6.07) is 0.